The van der Waals surface area contributed by atoms with Crippen LogP contribution in [0.1, 0.15) is 65.5 Å². The van der Waals surface area contributed by atoms with Gasteiger partial charge in [-0.3, -0.25) is 4.79 Å². The summed E-state index contributed by atoms with van der Waals surface area (Å²) < 4.78 is 17.5. The third-order valence-corrected chi connectivity index (χ3v) is 5.62. The fourth-order valence-electron chi connectivity index (χ4n) is 3.69. The number of para-hydroxylation sites is 2. The van der Waals surface area contributed by atoms with E-state index in [2.05, 4.69) is 59.0 Å². The van der Waals surface area contributed by atoms with Crippen molar-refractivity contribution >= 4 is 11.6 Å². The second kappa shape index (κ2) is 9.95. The Morgan fingerprint density at radius 1 is 1.00 bits per heavy atom. The van der Waals surface area contributed by atoms with E-state index in [9.17, 15) is 4.79 Å². The molecule has 0 radical (unpaired) electrons. The molecule has 0 saturated carbocycles. The van der Waals surface area contributed by atoms with E-state index in [1.165, 1.54) is 5.56 Å². The van der Waals surface area contributed by atoms with Crippen LogP contribution in [0.5, 0.6) is 11.5 Å². The van der Waals surface area contributed by atoms with Gasteiger partial charge in [-0.15, -0.1) is 0 Å². The molecule has 3 rings (SSSR count). The molecule has 32 heavy (non-hydrogen) atoms. The number of carbonyl (C=O) groups is 1. The minimum Gasteiger partial charge on any atom is -0.489 e. The van der Waals surface area contributed by atoms with Gasteiger partial charge in [0.05, 0.1) is 11.8 Å². The van der Waals surface area contributed by atoms with Crippen LogP contribution in [0.25, 0.3) is 0 Å². The molecule has 0 aromatic heterocycles. The highest BCUT2D eigenvalue weighted by Crippen LogP contribution is 2.35. The minimum absolute atomic E-state index is 0.0448. The molecule has 1 atom stereocenters. The van der Waals surface area contributed by atoms with Crippen LogP contribution in [0.4, 0.5) is 5.69 Å². The van der Waals surface area contributed by atoms with Crippen LogP contribution < -0.4 is 14.8 Å². The number of nitrogens with one attached hydrogen (secondary N) is 1. The number of amides is 1. The Bertz CT molecular complexity index is 918. The third-order valence-electron chi connectivity index (χ3n) is 5.62. The van der Waals surface area contributed by atoms with Crippen LogP contribution in [-0.4, -0.2) is 31.8 Å². The number of hydrogen-bond acceptors (Lipinski definition) is 4. The Morgan fingerprint density at radius 2 is 1.75 bits per heavy atom. The van der Waals surface area contributed by atoms with Crippen molar-refractivity contribution in [1.82, 2.24) is 0 Å². The smallest absolute Gasteiger partial charge is 0.262 e. The third kappa shape index (κ3) is 6.49. The summed E-state index contributed by atoms with van der Waals surface area (Å²) in [4.78, 5) is 12.7. The van der Waals surface area contributed by atoms with Gasteiger partial charge in [0.2, 0.25) is 0 Å². The molecule has 0 bridgehead atoms. The minimum atomic E-state index is -0.224. The van der Waals surface area contributed by atoms with Crippen molar-refractivity contribution in [3.8, 4) is 11.5 Å². The Labute approximate surface area is 192 Å². The van der Waals surface area contributed by atoms with Crippen molar-refractivity contribution in [3.63, 3.8) is 0 Å². The molecule has 1 fully saturated rings. The lowest BCUT2D eigenvalue weighted by atomic mass is 9.80. The average molecular weight is 440 g/mol. The summed E-state index contributed by atoms with van der Waals surface area (Å²) in [5.74, 6) is 1.16. The molecule has 5 nitrogen and oxygen atoms in total. The number of anilines is 1. The molecule has 1 unspecified atom stereocenters. The van der Waals surface area contributed by atoms with Crippen LogP contribution in [0.15, 0.2) is 42.5 Å². The molecule has 174 valence electrons. The van der Waals surface area contributed by atoms with Crippen molar-refractivity contribution in [3.05, 3.63) is 53.6 Å². The van der Waals surface area contributed by atoms with Crippen LogP contribution in [0, 0.1) is 0 Å². The van der Waals surface area contributed by atoms with Gasteiger partial charge in [0.25, 0.3) is 5.91 Å². The Balaban J connectivity index is 1.65. The van der Waals surface area contributed by atoms with Gasteiger partial charge in [-0.25, -0.2) is 0 Å². The second-order valence-electron chi connectivity index (χ2n) is 10.5. The maximum absolute atomic E-state index is 12.7. The number of hydrogen-bond donors (Lipinski definition) is 1. The molecule has 1 saturated heterocycles. The van der Waals surface area contributed by atoms with Crippen LogP contribution in [0.3, 0.4) is 0 Å². The van der Waals surface area contributed by atoms with Crippen LogP contribution >= 0.6 is 0 Å². The fraction of sp³-hybridized carbons (Fsp3) is 0.519. The Morgan fingerprint density at radius 3 is 2.41 bits per heavy atom. The van der Waals surface area contributed by atoms with E-state index in [1.54, 1.807) is 0 Å². The van der Waals surface area contributed by atoms with Gasteiger partial charge in [-0.1, -0.05) is 65.8 Å². The van der Waals surface area contributed by atoms with Gasteiger partial charge in [-0.05, 0) is 53.0 Å². The first-order valence-electron chi connectivity index (χ1n) is 11.4. The number of ether oxygens (including phenoxy) is 3. The zero-order valence-electron chi connectivity index (χ0n) is 20.3. The molecular formula is C27H37NO4. The maximum Gasteiger partial charge on any atom is 0.262 e. The molecule has 1 heterocycles. The van der Waals surface area contributed by atoms with Crippen molar-refractivity contribution in [2.24, 2.45) is 0 Å². The monoisotopic (exact) mass is 439 g/mol. The summed E-state index contributed by atoms with van der Waals surface area (Å²) in [6, 6.07) is 13.7. The topological polar surface area (TPSA) is 56.8 Å². The molecule has 0 aliphatic carbocycles. The zero-order valence-corrected chi connectivity index (χ0v) is 20.3. The highest BCUT2D eigenvalue weighted by Gasteiger charge is 2.23. The van der Waals surface area contributed by atoms with Gasteiger partial charge < -0.3 is 19.5 Å². The largest absolute Gasteiger partial charge is 0.489 e. The van der Waals surface area contributed by atoms with Crippen LogP contribution in [0.2, 0.25) is 0 Å². The van der Waals surface area contributed by atoms with Gasteiger partial charge in [0.15, 0.2) is 6.61 Å². The van der Waals surface area contributed by atoms with E-state index >= 15 is 0 Å². The normalized spacial score (nSPS) is 16.6. The lowest BCUT2D eigenvalue weighted by Gasteiger charge is -2.27. The lowest BCUT2D eigenvalue weighted by molar-refractivity contribution is -0.118. The molecule has 1 amide bonds. The average Bonchev–Trinajstić information content (AvgIpc) is 3.24. The van der Waals surface area contributed by atoms with E-state index in [0.29, 0.717) is 18.0 Å². The van der Waals surface area contributed by atoms with Crippen molar-refractivity contribution < 1.29 is 19.0 Å². The van der Waals surface area contributed by atoms with Gasteiger partial charge in [0, 0.05) is 6.61 Å². The molecule has 5 heteroatoms. The number of carbonyl (C=O) groups excluding carboxylic acids is 1. The van der Waals surface area contributed by atoms with Crippen molar-refractivity contribution in [2.75, 3.05) is 25.1 Å². The van der Waals surface area contributed by atoms with E-state index in [-0.39, 0.29) is 29.4 Å². The summed E-state index contributed by atoms with van der Waals surface area (Å²) in [7, 11) is 0. The Hall–Kier alpha value is -2.53. The predicted octanol–water partition coefficient (Wildman–Crippen LogP) is 5.86. The summed E-state index contributed by atoms with van der Waals surface area (Å²) >= 11 is 0. The van der Waals surface area contributed by atoms with Gasteiger partial charge in [0.1, 0.15) is 18.1 Å². The van der Waals surface area contributed by atoms with E-state index in [1.807, 2.05) is 30.3 Å². The predicted molar refractivity (Wildman–Crippen MR) is 129 cm³/mol. The molecule has 2 aromatic carbocycles. The van der Waals surface area contributed by atoms with E-state index in [0.717, 1.165) is 30.8 Å². The zero-order chi connectivity index (χ0) is 23.4. The fourth-order valence-corrected chi connectivity index (χ4v) is 3.69. The standard InChI is InChI=1S/C27H37NO4/c1-26(2,3)19-13-14-23(21(16-19)27(4,5)6)32-18-25(29)28-22-11-7-8-12-24(22)31-17-20-10-9-15-30-20/h7-8,11-14,16,20H,9-10,15,17-18H2,1-6H3,(H,28,29). The summed E-state index contributed by atoms with van der Waals surface area (Å²) in [5.41, 5.74) is 2.92. The summed E-state index contributed by atoms with van der Waals surface area (Å²) in [5, 5.41) is 2.92. The van der Waals surface area contributed by atoms with Crippen molar-refractivity contribution in [1.29, 1.82) is 0 Å². The first kappa shape index (κ1) is 24.1. The summed E-state index contributed by atoms with van der Waals surface area (Å²) in [6.07, 6.45) is 2.19. The first-order chi connectivity index (χ1) is 15.0. The second-order valence-corrected chi connectivity index (χ2v) is 10.5. The molecule has 1 N–H and O–H groups in total. The quantitative estimate of drug-likeness (QED) is 0.587. The van der Waals surface area contributed by atoms with Crippen LogP contribution in [-0.2, 0) is 20.4 Å². The summed E-state index contributed by atoms with van der Waals surface area (Å²) in [6.45, 7) is 14.3. The van der Waals surface area contributed by atoms with E-state index < -0.39 is 0 Å². The highest BCUT2D eigenvalue weighted by atomic mass is 16.5. The lowest BCUT2D eigenvalue weighted by Crippen LogP contribution is -2.23. The molecular weight excluding hydrogens is 402 g/mol. The highest BCUT2D eigenvalue weighted by molar-refractivity contribution is 5.93. The van der Waals surface area contributed by atoms with Gasteiger partial charge >= 0.3 is 0 Å². The number of rotatable bonds is 7. The van der Waals surface area contributed by atoms with Crippen molar-refractivity contribution in [2.45, 2.75) is 71.3 Å². The molecule has 1 aliphatic heterocycles. The van der Waals surface area contributed by atoms with E-state index in [4.69, 9.17) is 14.2 Å². The Kier molecular flexibility index (Phi) is 7.50. The van der Waals surface area contributed by atoms with Gasteiger partial charge in [-0.2, -0.15) is 0 Å². The SMILES string of the molecule is CC(C)(C)c1ccc(OCC(=O)Nc2ccccc2OCC2CCCO2)c(C(C)(C)C)c1. The molecule has 1 aliphatic rings. The molecule has 0 spiro atoms. The molecule has 2 aromatic rings. The first-order valence-corrected chi connectivity index (χ1v) is 11.4. The maximum atomic E-state index is 12.7. The number of benzene rings is 2.